The van der Waals surface area contributed by atoms with Crippen molar-refractivity contribution in [3.8, 4) is 0 Å². The van der Waals surface area contributed by atoms with E-state index < -0.39 is 24.5 Å². The first kappa shape index (κ1) is 23.3. The molecule has 1 amide bonds. The highest BCUT2D eigenvalue weighted by Gasteiger charge is 2.27. The maximum Gasteiger partial charge on any atom is 0.341 e. The molecule has 0 saturated carbocycles. The van der Waals surface area contributed by atoms with Gasteiger partial charge < -0.3 is 14.8 Å². The van der Waals surface area contributed by atoms with Crippen molar-refractivity contribution in [2.24, 2.45) is 0 Å². The van der Waals surface area contributed by atoms with Crippen LogP contribution in [0.4, 0.5) is 5.00 Å². The van der Waals surface area contributed by atoms with Gasteiger partial charge in [0.05, 0.1) is 12.2 Å². The molecule has 6 nitrogen and oxygen atoms in total. The SMILES string of the molecule is CCOC(=O)c1c(NC(=O)COC(=O)C=Cc2ccc(Cl)cc2Cl)sc2c1CCCC2. The van der Waals surface area contributed by atoms with Crippen LogP contribution >= 0.6 is 34.5 Å². The summed E-state index contributed by atoms with van der Waals surface area (Å²) < 4.78 is 10.2. The summed E-state index contributed by atoms with van der Waals surface area (Å²) >= 11 is 13.3. The number of fused-ring (bicyclic) bond motifs is 1. The number of esters is 2. The largest absolute Gasteiger partial charge is 0.462 e. The first-order valence-corrected chi connectivity index (χ1v) is 11.4. The van der Waals surface area contributed by atoms with Crippen molar-refractivity contribution < 1.29 is 23.9 Å². The number of amides is 1. The van der Waals surface area contributed by atoms with Crippen LogP contribution in [0.25, 0.3) is 6.08 Å². The lowest BCUT2D eigenvalue weighted by molar-refractivity contribution is -0.142. The summed E-state index contributed by atoms with van der Waals surface area (Å²) in [5.74, 6) is -1.68. The van der Waals surface area contributed by atoms with Gasteiger partial charge in [0, 0.05) is 21.0 Å². The van der Waals surface area contributed by atoms with E-state index in [1.807, 2.05) is 0 Å². The van der Waals surface area contributed by atoms with Crippen LogP contribution in [-0.4, -0.2) is 31.1 Å². The molecule has 1 aliphatic rings. The maximum atomic E-state index is 12.4. The second kappa shape index (κ2) is 10.8. The first-order valence-electron chi connectivity index (χ1n) is 9.80. The summed E-state index contributed by atoms with van der Waals surface area (Å²) in [5, 5.41) is 4.01. The van der Waals surface area contributed by atoms with Gasteiger partial charge in [-0.15, -0.1) is 11.3 Å². The average molecular weight is 482 g/mol. The predicted molar refractivity (Wildman–Crippen MR) is 122 cm³/mol. The molecule has 0 spiro atoms. The van der Waals surface area contributed by atoms with Crippen molar-refractivity contribution in [1.82, 2.24) is 0 Å². The number of anilines is 1. The van der Waals surface area contributed by atoms with Crippen LogP contribution in [0.1, 0.15) is 46.1 Å². The Morgan fingerprint density at radius 3 is 2.68 bits per heavy atom. The van der Waals surface area contributed by atoms with Crippen LogP contribution in [0, 0.1) is 0 Å². The van der Waals surface area contributed by atoms with Crippen LogP contribution in [0.3, 0.4) is 0 Å². The lowest BCUT2D eigenvalue weighted by Gasteiger charge is -2.12. The molecule has 0 bridgehead atoms. The Morgan fingerprint density at radius 2 is 1.94 bits per heavy atom. The number of aryl methyl sites for hydroxylation is 1. The second-order valence-corrected chi connectivity index (χ2v) is 8.74. The number of rotatable bonds is 7. The smallest absolute Gasteiger partial charge is 0.341 e. The highest BCUT2D eigenvalue weighted by Crippen LogP contribution is 2.38. The van der Waals surface area contributed by atoms with Gasteiger partial charge in [-0.3, -0.25) is 4.79 Å². The Morgan fingerprint density at radius 1 is 1.16 bits per heavy atom. The summed E-state index contributed by atoms with van der Waals surface area (Å²) in [5.41, 5.74) is 1.96. The van der Waals surface area contributed by atoms with Crippen molar-refractivity contribution in [1.29, 1.82) is 0 Å². The monoisotopic (exact) mass is 481 g/mol. The molecule has 1 aliphatic carbocycles. The van der Waals surface area contributed by atoms with E-state index in [-0.39, 0.29) is 6.61 Å². The molecule has 1 aromatic carbocycles. The number of hydrogen-bond acceptors (Lipinski definition) is 6. The van der Waals surface area contributed by atoms with E-state index in [9.17, 15) is 14.4 Å². The number of carbonyl (C=O) groups is 3. The fourth-order valence-electron chi connectivity index (χ4n) is 3.22. The third kappa shape index (κ3) is 6.09. The molecule has 0 atom stereocenters. The molecule has 0 fully saturated rings. The van der Waals surface area contributed by atoms with E-state index in [0.29, 0.717) is 26.2 Å². The fourth-order valence-corrected chi connectivity index (χ4v) is 4.98. The molecule has 0 unspecified atom stereocenters. The topological polar surface area (TPSA) is 81.7 Å². The molecule has 3 rings (SSSR count). The summed E-state index contributed by atoms with van der Waals surface area (Å²) in [6, 6.07) is 4.87. The normalized spacial score (nSPS) is 13.0. The van der Waals surface area contributed by atoms with Crippen molar-refractivity contribution >= 4 is 63.5 Å². The molecule has 1 aromatic heterocycles. The van der Waals surface area contributed by atoms with Crippen LogP contribution in [0.2, 0.25) is 10.0 Å². The van der Waals surface area contributed by atoms with E-state index in [1.54, 1.807) is 25.1 Å². The maximum absolute atomic E-state index is 12.4. The van der Waals surface area contributed by atoms with E-state index in [0.717, 1.165) is 36.1 Å². The number of benzene rings is 1. The molecule has 9 heteroatoms. The minimum Gasteiger partial charge on any atom is -0.462 e. The number of halogens is 2. The van der Waals surface area contributed by atoms with Gasteiger partial charge in [-0.1, -0.05) is 29.3 Å². The van der Waals surface area contributed by atoms with Gasteiger partial charge >= 0.3 is 11.9 Å². The number of thiophene rings is 1. The number of nitrogens with one attached hydrogen (secondary N) is 1. The standard InChI is InChI=1S/C22H21Cl2NO5S/c1-2-29-22(28)20-15-5-3-4-6-17(15)31-21(20)25-18(26)12-30-19(27)10-8-13-7-9-14(23)11-16(13)24/h7-11H,2-6,12H2,1H3,(H,25,26). The Kier molecular flexibility index (Phi) is 8.12. The zero-order valence-corrected chi connectivity index (χ0v) is 19.2. The van der Waals surface area contributed by atoms with Crippen molar-refractivity contribution in [2.75, 3.05) is 18.5 Å². The van der Waals surface area contributed by atoms with Gasteiger partial charge in [0.2, 0.25) is 0 Å². The molecule has 31 heavy (non-hydrogen) atoms. The third-order valence-electron chi connectivity index (χ3n) is 4.61. The minimum atomic E-state index is -0.697. The van der Waals surface area contributed by atoms with Crippen LogP contribution in [0.5, 0.6) is 0 Å². The second-order valence-electron chi connectivity index (χ2n) is 6.79. The Balaban J connectivity index is 1.61. The third-order valence-corrected chi connectivity index (χ3v) is 6.38. The summed E-state index contributed by atoms with van der Waals surface area (Å²) in [7, 11) is 0. The molecule has 0 radical (unpaired) electrons. The first-order chi connectivity index (χ1) is 14.9. The average Bonchev–Trinajstić information content (AvgIpc) is 3.09. The zero-order chi connectivity index (χ0) is 22.4. The van der Waals surface area contributed by atoms with Gasteiger partial charge in [0.15, 0.2) is 6.61 Å². The number of carbonyl (C=O) groups excluding carboxylic acids is 3. The van der Waals surface area contributed by atoms with Crippen molar-refractivity contribution in [3.05, 3.63) is 55.9 Å². The van der Waals surface area contributed by atoms with E-state index in [4.69, 9.17) is 32.7 Å². The van der Waals surface area contributed by atoms with Gasteiger partial charge in [-0.25, -0.2) is 9.59 Å². The van der Waals surface area contributed by atoms with E-state index in [1.165, 1.54) is 23.5 Å². The molecular weight excluding hydrogens is 461 g/mol. The highest BCUT2D eigenvalue weighted by atomic mass is 35.5. The lowest BCUT2D eigenvalue weighted by atomic mass is 9.95. The molecular formula is C22H21Cl2NO5S. The summed E-state index contributed by atoms with van der Waals surface area (Å²) in [6.07, 6.45) is 6.34. The van der Waals surface area contributed by atoms with E-state index in [2.05, 4.69) is 5.32 Å². The molecule has 1 heterocycles. The van der Waals surface area contributed by atoms with Gasteiger partial charge in [0.25, 0.3) is 5.91 Å². The fraction of sp³-hybridized carbons (Fsp3) is 0.318. The van der Waals surface area contributed by atoms with Crippen molar-refractivity contribution in [3.63, 3.8) is 0 Å². The van der Waals surface area contributed by atoms with Crippen molar-refractivity contribution in [2.45, 2.75) is 32.6 Å². The quantitative estimate of drug-likeness (QED) is 0.428. The van der Waals surface area contributed by atoms with Crippen LogP contribution < -0.4 is 5.32 Å². The lowest BCUT2D eigenvalue weighted by Crippen LogP contribution is -2.21. The minimum absolute atomic E-state index is 0.248. The molecule has 164 valence electrons. The molecule has 0 aliphatic heterocycles. The molecule has 1 N–H and O–H groups in total. The van der Waals surface area contributed by atoms with E-state index >= 15 is 0 Å². The number of hydrogen-bond donors (Lipinski definition) is 1. The predicted octanol–water partition coefficient (Wildman–Crippen LogP) is 5.31. The Labute approximate surface area is 194 Å². The van der Waals surface area contributed by atoms with Crippen LogP contribution in [0.15, 0.2) is 24.3 Å². The Bertz CT molecular complexity index is 1030. The summed E-state index contributed by atoms with van der Waals surface area (Å²) in [6.45, 7) is 1.50. The van der Waals surface area contributed by atoms with Gasteiger partial charge in [0.1, 0.15) is 5.00 Å². The zero-order valence-electron chi connectivity index (χ0n) is 16.8. The van der Waals surface area contributed by atoms with Crippen LogP contribution in [-0.2, 0) is 31.9 Å². The Hall–Kier alpha value is -2.35. The molecule has 2 aromatic rings. The molecule has 0 saturated heterocycles. The highest BCUT2D eigenvalue weighted by molar-refractivity contribution is 7.17. The van der Waals surface area contributed by atoms with Gasteiger partial charge in [-0.2, -0.15) is 0 Å². The summed E-state index contributed by atoms with van der Waals surface area (Å²) in [4.78, 5) is 37.8. The number of ether oxygens (including phenoxy) is 2. The van der Waals surface area contributed by atoms with Gasteiger partial charge in [-0.05, 0) is 61.9 Å².